The number of aromatic carboxylic acids is 1. The molecule has 0 bridgehead atoms. The van der Waals surface area contributed by atoms with Crippen LogP contribution in [0.4, 0.5) is 5.82 Å². The molecule has 0 atom stereocenters. The number of carboxylic acids is 1. The zero-order valence-corrected chi connectivity index (χ0v) is 7.68. The molecule has 14 heavy (non-hydrogen) atoms. The maximum atomic E-state index is 10.9. The van der Waals surface area contributed by atoms with Crippen LogP contribution in [0.1, 0.15) is 23.2 Å². The molecule has 0 spiro atoms. The molecule has 74 valence electrons. The second kappa shape index (κ2) is 3.61. The summed E-state index contributed by atoms with van der Waals surface area (Å²) in [5, 5.41) is 8.92. The van der Waals surface area contributed by atoms with Gasteiger partial charge in [-0.2, -0.15) is 0 Å². The molecule has 1 fully saturated rings. The summed E-state index contributed by atoms with van der Waals surface area (Å²) >= 11 is 0. The fourth-order valence-corrected chi connectivity index (χ4v) is 1.65. The van der Waals surface area contributed by atoms with Crippen LogP contribution in [0.5, 0.6) is 0 Å². The quantitative estimate of drug-likeness (QED) is 0.751. The molecular weight excluding hydrogens is 182 g/mol. The third kappa shape index (κ3) is 1.53. The molecule has 1 saturated heterocycles. The van der Waals surface area contributed by atoms with E-state index >= 15 is 0 Å². The van der Waals surface area contributed by atoms with E-state index in [4.69, 9.17) is 5.11 Å². The van der Waals surface area contributed by atoms with Gasteiger partial charge in [-0.15, -0.1) is 0 Å². The Labute approximate surface area is 81.4 Å². The van der Waals surface area contributed by atoms with Crippen molar-refractivity contribution in [1.82, 2.24) is 9.97 Å². The molecular formula is C9H11N3O2. The smallest absolute Gasteiger partial charge is 0.341 e. The molecule has 0 radical (unpaired) electrons. The molecule has 0 unspecified atom stereocenters. The van der Waals surface area contributed by atoms with Gasteiger partial charge in [-0.05, 0) is 12.8 Å². The summed E-state index contributed by atoms with van der Waals surface area (Å²) in [7, 11) is 0. The fourth-order valence-electron chi connectivity index (χ4n) is 1.65. The first kappa shape index (κ1) is 8.93. The number of carboxylic acid groups (broad SMARTS) is 1. The summed E-state index contributed by atoms with van der Waals surface area (Å²) in [4.78, 5) is 20.6. The minimum Gasteiger partial charge on any atom is -0.477 e. The predicted molar refractivity (Wildman–Crippen MR) is 50.4 cm³/mol. The molecule has 1 aromatic rings. The summed E-state index contributed by atoms with van der Waals surface area (Å²) in [5.74, 6) is -0.419. The lowest BCUT2D eigenvalue weighted by atomic mass is 10.3. The van der Waals surface area contributed by atoms with E-state index in [2.05, 4.69) is 9.97 Å². The lowest BCUT2D eigenvalue weighted by Gasteiger charge is -2.17. The summed E-state index contributed by atoms with van der Waals surface area (Å²) in [6, 6.07) is 0. The maximum absolute atomic E-state index is 10.9. The van der Waals surface area contributed by atoms with Gasteiger partial charge in [0.25, 0.3) is 0 Å². The van der Waals surface area contributed by atoms with Crippen LogP contribution in [0, 0.1) is 0 Å². The average molecular weight is 193 g/mol. The Morgan fingerprint density at radius 1 is 1.43 bits per heavy atom. The molecule has 2 rings (SSSR count). The molecule has 0 amide bonds. The first-order valence-electron chi connectivity index (χ1n) is 4.57. The lowest BCUT2D eigenvalue weighted by Crippen LogP contribution is -2.22. The number of nitrogens with zero attached hydrogens (tertiary/aromatic N) is 3. The second-order valence-corrected chi connectivity index (χ2v) is 3.26. The van der Waals surface area contributed by atoms with E-state index in [1.54, 1.807) is 0 Å². The largest absolute Gasteiger partial charge is 0.477 e. The third-order valence-electron chi connectivity index (χ3n) is 2.33. The number of anilines is 1. The number of aromatic nitrogens is 2. The first-order chi connectivity index (χ1) is 6.79. The molecule has 0 aromatic carbocycles. The second-order valence-electron chi connectivity index (χ2n) is 3.26. The topological polar surface area (TPSA) is 66.3 Å². The van der Waals surface area contributed by atoms with Crippen molar-refractivity contribution in [3.05, 3.63) is 18.1 Å². The molecule has 1 N–H and O–H groups in total. The Bertz CT molecular complexity index is 348. The highest BCUT2D eigenvalue weighted by Crippen LogP contribution is 2.20. The monoisotopic (exact) mass is 193 g/mol. The van der Waals surface area contributed by atoms with Gasteiger partial charge < -0.3 is 10.0 Å². The minimum atomic E-state index is -0.965. The van der Waals surface area contributed by atoms with Crippen LogP contribution in [0.15, 0.2) is 12.5 Å². The van der Waals surface area contributed by atoms with Crippen molar-refractivity contribution in [2.45, 2.75) is 12.8 Å². The Hall–Kier alpha value is -1.65. The summed E-state index contributed by atoms with van der Waals surface area (Å²) in [6.07, 6.45) is 4.94. The molecule has 1 aromatic heterocycles. The molecule has 5 nitrogen and oxygen atoms in total. The van der Waals surface area contributed by atoms with Crippen molar-refractivity contribution < 1.29 is 9.90 Å². The van der Waals surface area contributed by atoms with Gasteiger partial charge >= 0.3 is 5.97 Å². The Balaban J connectivity index is 2.35. The van der Waals surface area contributed by atoms with E-state index in [1.165, 1.54) is 12.5 Å². The van der Waals surface area contributed by atoms with Crippen molar-refractivity contribution in [1.29, 1.82) is 0 Å². The van der Waals surface area contributed by atoms with Crippen molar-refractivity contribution in [2.75, 3.05) is 18.0 Å². The van der Waals surface area contributed by atoms with Crippen molar-refractivity contribution in [3.63, 3.8) is 0 Å². The number of hydrogen-bond donors (Lipinski definition) is 1. The number of rotatable bonds is 2. The van der Waals surface area contributed by atoms with E-state index in [1.807, 2.05) is 4.90 Å². The van der Waals surface area contributed by atoms with Crippen molar-refractivity contribution >= 4 is 11.8 Å². The fraction of sp³-hybridized carbons (Fsp3) is 0.444. The molecule has 5 heteroatoms. The normalized spacial score (nSPS) is 15.9. The van der Waals surface area contributed by atoms with Crippen LogP contribution in [0.25, 0.3) is 0 Å². The van der Waals surface area contributed by atoms with Crippen LogP contribution in [-0.4, -0.2) is 34.1 Å². The average Bonchev–Trinajstić information content (AvgIpc) is 2.70. The summed E-state index contributed by atoms with van der Waals surface area (Å²) in [5.41, 5.74) is 0.189. The Morgan fingerprint density at radius 2 is 2.14 bits per heavy atom. The van der Waals surface area contributed by atoms with Gasteiger partial charge in [0.1, 0.15) is 17.7 Å². The molecule has 1 aliphatic rings. The van der Waals surface area contributed by atoms with Gasteiger partial charge in [0.15, 0.2) is 0 Å². The van der Waals surface area contributed by atoms with E-state index in [0.717, 1.165) is 25.9 Å². The number of hydrogen-bond acceptors (Lipinski definition) is 4. The van der Waals surface area contributed by atoms with Gasteiger partial charge in [0.05, 0.1) is 0 Å². The van der Waals surface area contributed by atoms with Gasteiger partial charge in [0.2, 0.25) is 0 Å². The van der Waals surface area contributed by atoms with Gasteiger partial charge in [-0.1, -0.05) is 0 Å². The standard InChI is InChI=1S/C9H11N3O2/c13-9(14)7-5-10-6-11-8(7)12-3-1-2-4-12/h5-6H,1-4H2,(H,13,14). The van der Waals surface area contributed by atoms with Crippen molar-refractivity contribution in [3.8, 4) is 0 Å². The zero-order valence-electron chi connectivity index (χ0n) is 7.68. The molecule has 1 aliphatic heterocycles. The van der Waals surface area contributed by atoms with Gasteiger partial charge in [-0.3, -0.25) is 0 Å². The maximum Gasteiger partial charge on any atom is 0.341 e. The van der Waals surface area contributed by atoms with Crippen LogP contribution >= 0.6 is 0 Å². The lowest BCUT2D eigenvalue weighted by molar-refractivity contribution is 0.0696. The van der Waals surface area contributed by atoms with E-state index in [0.29, 0.717) is 5.82 Å². The SMILES string of the molecule is O=C(O)c1cncnc1N1CCCC1. The highest BCUT2D eigenvalue weighted by Gasteiger charge is 2.20. The molecule has 0 saturated carbocycles. The third-order valence-corrected chi connectivity index (χ3v) is 2.33. The summed E-state index contributed by atoms with van der Waals surface area (Å²) < 4.78 is 0. The predicted octanol–water partition coefficient (Wildman–Crippen LogP) is 0.775. The van der Waals surface area contributed by atoms with Crippen LogP contribution in [0.3, 0.4) is 0 Å². The molecule has 2 heterocycles. The van der Waals surface area contributed by atoms with Gasteiger partial charge in [0, 0.05) is 19.3 Å². The van der Waals surface area contributed by atoms with Crippen molar-refractivity contribution in [2.24, 2.45) is 0 Å². The van der Waals surface area contributed by atoms with Crippen LogP contribution in [0.2, 0.25) is 0 Å². The van der Waals surface area contributed by atoms with Crippen LogP contribution < -0.4 is 4.90 Å². The highest BCUT2D eigenvalue weighted by molar-refractivity contribution is 5.92. The number of carbonyl (C=O) groups is 1. The molecule has 0 aliphatic carbocycles. The highest BCUT2D eigenvalue weighted by atomic mass is 16.4. The first-order valence-corrected chi connectivity index (χ1v) is 4.57. The minimum absolute atomic E-state index is 0.189. The Kier molecular flexibility index (Phi) is 2.30. The van der Waals surface area contributed by atoms with Gasteiger partial charge in [-0.25, -0.2) is 14.8 Å². The van der Waals surface area contributed by atoms with E-state index in [-0.39, 0.29) is 5.56 Å². The summed E-state index contributed by atoms with van der Waals surface area (Å²) in [6.45, 7) is 1.77. The Morgan fingerprint density at radius 3 is 2.79 bits per heavy atom. The van der Waals surface area contributed by atoms with E-state index < -0.39 is 5.97 Å². The zero-order chi connectivity index (χ0) is 9.97. The van der Waals surface area contributed by atoms with Crippen LogP contribution in [-0.2, 0) is 0 Å². The van der Waals surface area contributed by atoms with E-state index in [9.17, 15) is 4.79 Å².